The van der Waals surface area contributed by atoms with Crippen LogP contribution in [0.15, 0.2) is 30.7 Å². The van der Waals surface area contributed by atoms with Crippen LogP contribution < -0.4 is 5.32 Å². The number of rotatable bonds is 3. The summed E-state index contributed by atoms with van der Waals surface area (Å²) in [6.07, 6.45) is 8.85. The molecule has 21 heavy (non-hydrogen) atoms. The normalized spacial score (nSPS) is 19.3. The molecule has 110 valence electrons. The molecule has 2 N–H and O–H groups in total. The molecular formula is C15H19N5O. The van der Waals surface area contributed by atoms with Crippen LogP contribution in [0.1, 0.15) is 19.8 Å². The van der Waals surface area contributed by atoms with Crippen molar-refractivity contribution in [2.24, 2.45) is 0 Å². The number of aromatic amines is 1. The summed E-state index contributed by atoms with van der Waals surface area (Å²) in [6, 6.07) is 2.18. The Kier molecular flexibility index (Phi) is 3.85. The molecule has 6 heteroatoms. The number of nitrogens with one attached hydrogen (secondary N) is 2. The van der Waals surface area contributed by atoms with Crippen LogP contribution >= 0.6 is 0 Å². The number of allylic oxidation sites excluding steroid dienone is 1. The molecule has 3 heterocycles. The zero-order valence-electron chi connectivity index (χ0n) is 12.0. The summed E-state index contributed by atoms with van der Waals surface area (Å²) >= 11 is 0. The molecule has 0 spiro atoms. The lowest BCUT2D eigenvalue weighted by atomic mass is 10.1. The average Bonchev–Trinajstić information content (AvgIpc) is 2.97. The molecule has 1 fully saturated rings. The summed E-state index contributed by atoms with van der Waals surface area (Å²) in [4.78, 5) is 25.4. The third kappa shape index (κ3) is 2.89. The largest absolute Gasteiger partial charge is 0.365 e. The molecular weight excluding hydrogens is 266 g/mol. The topological polar surface area (TPSA) is 73.9 Å². The summed E-state index contributed by atoms with van der Waals surface area (Å²) in [5, 5.41) is 4.43. The van der Waals surface area contributed by atoms with Crippen LogP contribution in [0.3, 0.4) is 0 Å². The number of H-pyrrole nitrogens is 1. The highest BCUT2D eigenvalue weighted by molar-refractivity contribution is 5.88. The Morgan fingerprint density at radius 2 is 2.43 bits per heavy atom. The molecule has 1 saturated heterocycles. The fourth-order valence-electron chi connectivity index (χ4n) is 2.72. The van der Waals surface area contributed by atoms with Gasteiger partial charge in [0.2, 0.25) is 5.91 Å². The van der Waals surface area contributed by atoms with Gasteiger partial charge in [-0.3, -0.25) is 4.79 Å². The second-order valence-corrected chi connectivity index (χ2v) is 5.23. The molecule has 0 bridgehead atoms. The number of likely N-dealkylation sites (tertiary alicyclic amines) is 1. The Balaban J connectivity index is 1.72. The first kappa shape index (κ1) is 13.6. The van der Waals surface area contributed by atoms with E-state index in [1.54, 1.807) is 18.5 Å². The lowest BCUT2D eigenvalue weighted by Crippen LogP contribution is -2.44. The first-order valence-electron chi connectivity index (χ1n) is 7.24. The van der Waals surface area contributed by atoms with E-state index >= 15 is 0 Å². The Bertz CT molecular complexity index is 663. The van der Waals surface area contributed by atoms with Crippen molar-refractivity contribution in [3.8, 4) is 0 Å². The van der Waals surface area contributed by atoms with E-state index in [-0.39, 0.29) is 11.9 Å². The van der Waals surface area contributed by atoms with Gasteiger partial charge in [-0.1, -0.05) is 6.08 Å². The standard InChI is InChI=1S/C15H19N5O/c1-2-4-13(21)20-8-3-5-11(9-20)19-15-12-6-7-16-14(12)17-10-18-15/h2,4,6-7,10-11H,3,5,8-9H2,1H3,(H2,16,17,18,19)/b4-2+. The Morgan fingerprint density at radius 1 is 1.52 bits per heavy atom. The van der Waals surface area contributed by atoms with Crippen LogP contribution in [0.25, 0.3) is 11.0 Å². The van der Waals surface area contributed by atoms with Gasteiger partial charge in [-0.05, 0) is 31.9 Å². The minimum Gasteiger partial charge on any atom is -0.365 e. The second-order valence-electron chi connectivity index (χ2n) is 5.23. The maximum absolute atomic E-state index is 11.9. The lowest BCUT2D eigenvalue weighted by molar-refractivity contribution is -0.127. The predicted octanol–water partition coefficient (Wildman–Crippen LogP) is 1.94. The summed E-state index contributed by atoms with van der Waals surface area (Å²) in [7, 11) is 0. The van der Waals surface area contributed by atoms with Crippen molar-refractivity contribution in [1.82, 2.24) is 19.9 Å². The SMILES string of the molecule is C/C=C/C(=O)N1CCCC(Nc2ncnc3[nH]ccc23)C1. The van der Waals surface area contributed by atoms with Crippen molar-refractivity contribution in [1.29, 1.82) is 0 Å². The molecule has 1 amide bonds. The first-order valence-corrected chi connectivity index (χ1v) is 7.24. The maximum atomic E-state index is 11.9. The molecule has 0 aliphatic carbocycles. The number of fused-ring (bicyclic) bond motifs is 1. The number of carbonyl (C=O) groups is 1. The van der Waals surface area contributed by atoms with Crippen molar-refractivity contribution in [3.05, 3.63) is 30.7 Å². The molecule has 3 rings (SSSR count). The third-order valence-electron chi connectivity index (χ3n) is 3.74. The molecule has 0 radical (unpaired) electrons. The highest BCUT2D eigenvalue weighted by Crippen LogP contribution is 2.21. The number of carbonyl (C=O) groups excluding carboxylic acids is 1. The molecule has 1 unspecified atom stereocenters. The average molecular weight is 285 g/mol. The van der Waals surface area contributed by atoms with Gasteiger partial charge in [0.05, 0.1) is 5.39 Å². The zero-order chi connectivity index (χ0) is 14.7. The molecule has 2 aromatic heterocycles. The van der Waals surface area contributed by atoms with Gasteiger partial charge in [0.1, 0.15) is 17.8 Å². The number of amides is 1. The Hall–Kier alpha value is -2.37. The minimum atomic E-state index is 0.0819. The van der Waals surface area contributed by atoms with Gasteiger partial charge in [0.15, 0.2) is 0 Å². The van der Waals surface area contributed by atoms with Gasteiger partial charge < -0.3 is 15.2 Å². The second kappa shape index (κ2) is 5.95. The fraction of sp³-hybridized carbons (Fsp3) is 0.400. The first-order chi connectivity index (χ1) is 10.3. The van der Waals surface area contributed by atoms with Gasteiger partial charge in [0, 0.05) is 25.3 Å². The number of aromatic nitrogens is 3. The van der Waals surface area contributed by atoms with E-state index in [1.165, 1.54) is 0 Å². The highest BCUT2D eigenvalue weighted by Gasteiger charge is 2.23. The summed E-state index contributed by atoms with van der Waals surface area (Å²) in [5.41, 5.74) is 0.824. The van der Waals surface area contributed by atoms with Crippen molar-refractivity contribution in [3.63, 3.8) is 0 Å². The molecule has 1 aliphatic heterocycles. The van der Waals surface area contributed by atoms with Crippen molar-refractivity contribution in [2.75, 3.05) is 18.4 Å². The van der Waals surface area contributed by atoms with E-state index in [0.717, 1.165) is 36.2 Å². The van der Waals surface area contributed by atoms with E-state index in [4.69, 9.17) is 0 Å². The van der Waals surface area contributed by atoms with E-state index in [9.17, 15) is 4.79 Å². The Morgan fingerprint density at radius 3 is 3.29 bits per heavy atom. The summed E-state index contributed by atoms with van der Waals surface area (Å²) in [5.74, 6) is 0.907. The molecule has 2 aromatic rings. The quantitative estimate of drug-likeness (QED) is 0.845. The van der Waals surface area contributed by atoms with Crippen LogP contribution in [0.2, 0.25) is 0 Å². The number of piperidine rings is 1. The van der Waals surface area contributed by atoms with Gasteiger partial charge in [-0.15, -0.1) is 0 Å². The zero-order valence-corrected chi connectivity index (χ0v) is 12.0. The molecule has 1 atom stereocenters. The summed E-state index contributed by atoms with van der Waals surface area (Å²) in [6.45, 7) is 3.39. The van der Waals surface area contributed by atoms with Gasteiger partial charge in [-0.25, -0.2) is 9.97 Å². The smallest absolute Gasteiger partial charge is 0.246 e. The molecule has 6 nitrogen and oxygen atoms in total. The van der Waals surface area contributed by atoms with Crippen molar-refractivity contribution in [2.45, 2.75) is 25.8 Å². The number of hydrogen-bond donors (Lipinski definition) is 2. The van der Waals surface area contributed by atoms with Crippen LogP contribution in [0.5, 0.6) is 0 Å². The third-order valence-corrected chi connectivity index (χ3v) is 3.74. The number of anilines is 1. The van der Waals surface area contributed by atoms with Crippen LogP contribution in [-0.4, -0.2) is 44.9 Å². The van der Waals surface area contributed by atoms with Crippen LogP contribution in [0, 0.1) is 0 Å². The van der Waals surface area contributed by atoms with Crippen molar-refractivity contribution < 1.29 is 4.79 Å². The van der Waals surface area contributed by atoms with Gasteiger partial charge in [0.25, 0.3) is 0 Å². The van der Waals surface area contributed by atoms with E-state index in [2.05, 4.69) is 20.3 Å². The summed E-state index contributed by atoms with van der Waals surface area (Å²) < 4.78 is 0. The lowest BCUT2D eigenvalue weighted by Gasteiger charge is -2.32. The molecule has 0 aromatic carbocycles. The van der Waals surface area contributed by atoms with E-state index in [0.29, 0.717) is 6.54 Å². The fourth-order valence-corrected chi connectivity index (χ4v) is 2.72. The van der Waals surface area contributed by atoms with Gasteiger partial charge in [-0.2, -0.15) is 0 Å². The maximum Gasteiger partial charge on any atom is 0.246 e. The van der Waals surface area contributed by atoms with E-state index in [1.807, 2.05) is 24.1 Å². The molecule has 1 aliphatic rings. The minimum absolute atomic E-state index is 0.0819. The number of hydrogen-bond acceptors (Lipinski definition) is 4. The van der Waals surface area contributed by atoms with Gasteiger partial charge >= 0.3 is 0 Å². The number of nitrogens with zero attached hydrogens (tertiary/aromatic N) is 3. The Labute approximate surface area is 123 Å². The van der Waals surface area contributed by atoms with Crippen molar-refractivity contribution >= 4 is 22.8 Å². The van der Waals surface area contributed by atoms with Crippen LogP contribution in [-0.2, 0) is 4.79 Å². The van der Waals surface area contributed by atoms with Crippen LogP contribution in [0.4, 0.5) is 5.82 Å². The monoisotopic (exact) mass is 285 g/mol. The van der Waals surface area contributed by atoms with E-state index < -0.39 is 0 Å². The molecule has 0 saturated carbocycles. The highest BCUT2D eigenvalue weighted by atomic mass is 16.2. The predicted molar refractivity (Wildman–Crippen MR) is 81.9 cm³/mol.